The predicted octanol–water partition coefficient (Wildman–Crippen LogP) is 3.63. The van der Waals surface area contributed by atoms with Crippen molar-refractivity contribution in [3.63, 3.8) is 0 Å². The summed E-state index contributed by atoms with van der Waals surface area (Å²) >= 11 is 1.30. The zero-order valence-corrected chi connectivity index (χ0v) is 18.4. The van der Waals surface area contributed by atoms with Crippen molar-refractivity contribution in [2.75, 3.05) is 35.8 Å². The third kappa shape index (κ3) is 3.97. The lowest BCUT2D eigenvalue weighted by molar-refractivity contribution is 0.586. The Kier molecular flexibility index (Phi) is 5.76. The molecule has 1 fully saturated rings. The Morgan fingerprint density at radius 3 is 2.48 bits per heavy atom. The van der Waals surface area contributed by atoms with E-state index in [2.05, 4.69) is 19.9 Å². The number of aromatic nitrogens is 1. The number of anilines is 2. The molecule has 4 rings (SSSR count). The Bertz CT molecular complexity index is 1100. The standard InChI is InChI=1S/C21H26N4O2S2/c1-3-15-6-5-7-16(4-2)20(15)24-29(26,27)19-14-17-18(28-19)8-9-23-21(17)25-12-10-22-11-13-25/h5-9,14,22,24H,3-4,10-13H2,1-2H3. The fourth-order valence-corrected chi connectivity index (χ4v) is 6.27. The first-order valence-corrected chi connectivity index (χ1v) is 12.3. The van der Waals surface area contributed by atoms with Crippen molar-refractivity contribution in [1.29, 1.82) is 0 Å². The van der Waals surface area contributed by atoms with E-state index in [0.29, 0.717) is 4.21 Å². The first kappa shape index (κ1) is 20.1. The summed E-state index contributed by atoms with van der Waals surface area (Å²) in [6.07, 6.45) is 3.31. The van der Waals surface area contributed by atoms with E-state index >= 15 is 0 Å². The molecule has 1 saturated heterocycles. The first-order valence-electron chi connectivity index (χ1n) is 10.0. The van der Waals surface area contributed by atoms with Crippen LogP contribution in [-0.4, -0.2) is 39.6 Å². The van der Waals surface area contributed by atoms with E-state index in [4.69, 9.17) is 0 Å². The molecule has 2 aromatic heterocycles. The molecule has 0 saturated carbocycles. The topological polar surface area (TPSA) is 74.3 Å². The van der Waals surface area contributed by atoms with Gasteiger partial charge < -0.3 is 10.2 Å². The van der Waals surface area contributed by atoms with Gasteiger partial charge in [0.25, 0.3) is 10.0 Å². The molecule has 0 bridgehead atoms. The maximum absolute atomic E-state index is 13.3. The monoisotopic (exact) mass is 430 g/mol. The number of para-hydroxylation sites is 1. The van der Waals surface area contributed by atoms with E-state index in [1.54, 1.807) is 12.3 Å². The number of rotatable bonds is 6. The molecule has 0 atom stereocenters. The van der Waals surface area contributed by atoms with Gasteiger partial charge in [0.1, 0.15) is 10.0 Å². The summed E-state index contributed by atoms with van der Waals surface area (Å²) in [5.41, 5.74) is 2.74. The summed E-state index contributed by atoms with van der Waals surface area (Å²) in [5.74, 6) is 0.866. The number of nitrogens with zero attached hydrogens (tertiary/aromatic N) is 2. The highest BCUT2D eigenvalue weighted by atomic mass is 32.2. The summed E-state index contributed by atoms with van der Waals surface area (Å²) in [6.45, 7) is 7.62. The number of piperazine rings is 1. The number of pyridine rings is 1. The number of hydrogen-bond acceptors (Lipinski definition) is 6. The van der Waals surface area contributed by atoms with Crippen molar-refractivity contribution in [2.45, 2.75) is 30.9 Å². The molecule has 0 unspecified atom stereocenters. The van der Waals surface area contributed by atoms with Gasteiger partial charge in [0.2, 0.25) is 0 Å². The lowest BCUT2D eigenvalue weighted by Gasteiger charge is -2.28. The molecular formula is C21H26N4O2S2. The number of aryl methyl sites for hydroxylation is 2. The van der Waals surface area contributed by atoms with E-state index in [-0.39, 0.29) is 0 Å². The fourth-order valence-electron chi connectivity index (χ4n) is 3.74. The molecule has 154 valence electrons. The largest absolute Gasteiger partial charge is 0.354 e. The zero-order chi connectivity index (χ0) is 20.4. The second kappa shape index (κ2) is 8.30. The average molecular weight is 431 g/mol. The van der Waals surface area contributed by atoms with E-state index < -0.39 is 10.0 Å². The van der Waals surface area contributed by atoms with Crippen LogP contribution in [-0.2, 0) is 22.9 Å². The van der Waals surface area contributed by atoms with Crippen molar-refractivity contribution in [2.24, 2.45) is 0 Å². The number of fused-ring (bicyclic) bond motifs is 1. The summed E-state index contributed by atoms with van der Waals surface area (Å²) in [5, 5.41) is 4.24. The first-order chi connectivity index (χ1) is 14.0. The third-order valence-electron chi connectivity index (χ3n) is 5.32. The zero-order valence-electron chi connectivity index (χ0n) is 16.7. The Balaban J connectivity index is 1.73. The van der Waals surface area contributed by atoms with Gasteiger partial charge >= 0.3 is 0 Å². The van der Waals surface area contributed by atoms with Gasteiger partial charge in [0, 0.05) is 42.5 Å². The van der Waals surface area contributed by atoms with Gasteiger partial charge in [-0.25, -0.2) is 13.4 Å². The highest BCUT2D eigenvalue weighted by molar-refractivity contribution is 7.94. The fraction of sp³-hybridized carbons (Fsp3) is 0.381. The number of nitrogens with one attached hydrogen (secondary N) is 2. The summed E-state index contributed by atoms with van der Waals surface area (Å²) < 4.78 is 30.6. The molecule has 0 radical (unpaired) electrons. The molecule has 8 heteroatoms. The lowest BCUT2D eigenvalue weighted by Crippen LogP contribution is -2.43. The van der Waals surface area contributed by atoms with Crippen LogP contribution in [0.5, 0.6) is 0 Å². The third-order valence-corrected chi connectivity index (χ3v) is 8.24. The molecular weight excluding hydrogens is 404 g/mol. The normalized spacial score (nSPS) is 15.0. The molecule has 6 nitrogen and oxygen atoms in total. The van der Waals surface area contributed by atoms with Crippen LogP contribution in [0.25, 0.3) is 10.1 Å². The Morgan fingerprint density at radius 2 is 1.83 bits per heavy atom. The van der Waals surface area contributed by atoms with Crippen LogP contribution in [0.4, 0.5) is 11.5 Å². The van der Waals surface area contributed by atoms with Gasteiger partial charge in [-0.15, -0.1) is 11.3 Å². The van der Waals surface area contributed by atoms with Crippen LogP contribution in [0, 0.1) is 0 Å². The van der Waals surface area contributed by atoms with Crippen LogP contribution >= 0.6 is 11.3 Å². The molecule has 1 aliphatic rings. The lowest BCUT2D eigenvalue weighted by atomic mass is 10.0. The molecule has 0 amide bonds. The SMILES string of the molecule is CCc1cccc(CC)c1NS(=O)(=O)c1cc2c(N3CCNCC3)nccc2s1. The molecule has 29 heavy (non-hydrogen) atoms. The summed E-state index contributed by atoms with van der Waals surface area (Å²) in [6, 6.07) is 9.61. The van der Waals surface area contributed by atoms with Gasteiger partial charge in [-0.05, 0) is 36.1 Å². The molecule has 1 aromatic carbocycles. The van der Waals surface area contributed by atoms with Crippen molar-refractivity contribution in [3.05, 3.63) is 47.7 Å². The van der Waals surface area contributed by atoms with E-state index in [0.717, 1.165) is 71.7 Å². The minimum atomic E-state index is -3.68. The second-order valence-electron chi connectivity index (χ2n) is 7.11. The molecule has 2 N–H and O–H groups in total. The highest BCUT2D eigenvalue weighted by Crippen LogP contribution is 2.35. The quantitative estimate of drug-likeness (QED) is 0.625. The van der Waals surface area contributed by atoms with E-state index in [1.165, 1.54) is 11.3 Å². The summed E-state index contributed by atoms with van der Waals surface area (Å²) in [4.78, 5) is 6.77. The maximum Gasteiger partial charge on any atom is 0.271 e. The van der Waals surface area contributed by atoms with Crippen molar-refractivity contribution < 1.29 is 8.42 Å². The van der Waals surface area contributed by atoms with Gasteiger partial charge in [0.05, 0.1) is 5.69 Å². The predicted molar refractivity (Wildman–Crippen MR) is 121 cm³/mol. The number of thiophene rings is 1. The van der Waals surface area contributed by atoms with Gasteiger partial charge in [0.15, 0.2) is 0 Å². The number of benzene rings is 1. The Labute approximate surface area is 176 Å². The minimum absolute atomic E-state index is 0.324. The van der Waals surface area contributed by atoms with Crippen molar-refractivity contribution in [1.82, 2.24) is 10.3 Å². The van der Waals surface area contributed by atoms with Crippen LogP contribution < -0.4 is 14.9 Å². The summed E-state index contributed by atoms with van der Waals surface area (Å²) in [7, 11) is -3.68. The minimum Gasteiger partial charge on any atom is -0.354 e. The van der Waals surface area contributed by atoms with Crippen LogP contribution in [0.3, 0.4) is 0 Å². The average Bonchev–Trinajstić information content (AvgIpc) is 3.20. The van der Waals surface area contributed by atoms with Crippen molar-refractivity contribution in [3.8, 4) is 0 Å². The smallest absolute Gasteiger partial charge is 0.271 e. The molecule has 0 spiro atoms. The highest BCUT2D eigenvalue weighted by Gasteiger charge is 2.23. The van der Waals surface area contributed by atoms with Gasteiger partial charge in [-0.1, -0.05) is 32.0 Å². The molecule has 1 aliphatic heterocycles. The molecule has 0 aliphatic carbocycles. The van der Waals surface area contributed by atoms with E-state index in [1.807, 2.05) is 38.1 Å². The second-order valence-corrected chi connectivity index (χ2v) is 10.1. The van der Waals surface area contributed by atoms with Crippen molar-refractivity contribution >= 4 is 43.0 Å². The molecule has 3 aromatic rings. The maximum atomic E-state index is 13.3. The van der Waals surface area contributed by atoms with E-state index in [9.17, 15) is 8.42 Å². The van der Waals surface area contributed by atoms with Crippen LogP contribution in [0.1, 0.15) is 25.0 Å². The van der Waals surface area contributed by atoms with Crippen LogP contribution in [0.2, 0.25) is 0 Å². The Morgan fingerprint density at radius 1 is 1.14 bits per heavy atom. The number of sulfonamides is 1. The number of hydrogen-bond donors (Lipinski definition) is 2. The van der Waals surface area contributed by atoms with Gasteiger partial charge in [-0.2, -0.15) is 0 Å². The van der Waals surface area contributed by atoms with Gasteiger partial charge in [-0.3, -0.25) is 4.72 Å². The van der Waals surface area contributed by atoms with Crippen LogP contribution in [0.15, 0.2) is 40.7 Å². The molecule has 3 heterocycles. The Hall–Kier alpha value is -2.16.